The molecular formula is C15H24N4O4S. The number of aromatic nitrogens is 1. The third-order valence-corrected chi connectivity index (χ3v) is 5.18. The molecule has 1 saturated heterocycles. The molecule has 24 heavy (non-hydrogen) atoms. The predicted octanol–water partition coefficient (Wildman–Crippen LogP) is -0.362. The number of piperazine rings is 1. The topological polar surface area (TPSA) is 83.1 Å². The molecule has 0 aliphatic carbocycles. The number of pyridine rings is 1. The Morgan fingerprint density at radius 3 is 2.54 bits per heavy atom. The molecule has 0 spiro atoms. The van der Waals surface area contributed by atoms with Crippen LogP contribution in [0.4, 0.5) is 5.82 Å². The first-order valence-corrected chi connectivity index (χ1v) is 9.64. The lowest BCUT2D eigenvalue weighted by Gasteiger charge is -2.36. The summed E-state index contributed by atoms with van der Waals surface area (Å²) in [6, 6.07) is 5.73. The summed E-state index contributed by atoms with van der Waals surface area (Å²) in [4.78, 5) is 20.5. The number of hydrogen-bond donors (Lipinski definition) is 0. The molecule has 1 aromatic rings. The molecule has 1 aliphatic rings. The van der Waals surface area contributed by atoms with Gasteiger partial charge in [0.05, 0.1) is 19.4 Å². The van der Waals surface area contributed by atoms with Gasteiger partial charge >= 0.3 is 0 Å². The molecule has 134 valence electrons. The van der Waals surface area contributed by atoms with Gasteiger partial charge in [0.25, 0.3) is 0 Å². The number of ether oxygens (including phenoxy) is 1. The van der Waals surface area contributed by atoms with Crippen LogP contribution in [0.3, 0.4) is 0 Å². The van der Waals surface area contributed by atoms with Crippen molar-refractivity contribution in [3.63, 3.8) is 0 Å². The Kier molecular flexibility index (Phi) is 6.52. The SMILES string of the molecule is COCCN(CC(=O)N1CCN(c2ccccn2)CC1)S(C)(=O)=O. The van der Waals surface area contributed by atoms with Gasteiger partial charge in [-0.2, -0.15) is 4.31 Å². The van der Waals surface area contributed by atoms with Crippen molar-refractivity contribution in [2.75, 3.05) is 64.1 Å². The van der Waals surface area contributed by atoms with Crippen LogP contribution in [0.2, 0.25) is 0 Å². The van der Waals surface area contributed by atoms with E-state index in [1.54, 1.807) is 11.1 Å². The van der Waals surface area contributed by atoms with E-state index < -0.39 is 10.0 Å². The van der Waals surface area contributed by atoms with Crippen LogP contribution in [0.5, 0.6) is 0 Å². The second-order valence-corrected chi connectivity index (χ2v) is 7.63. The van der Waals surface area contributed by atoms with Gasteiger partial charge < -0.3 is 14.5 Å². The second-order valence-electron chi connectivity index (χ2n) is 5.65. The Morgan fingerprint density at radius 2 is 2.00 bits per heavy atom. The van der Waals surface area contributed by atoms with Gasteiger partial charge in [0, 0.05) is 46.0 Å². The highest BCUT2D eigenvalue weighted by molar-refractivity contribution is 7.88. The van der Waals surface area contributed by atoms with Crippen LogP contribution in [0.1, 0.15) is 0 Å². The van der Waals surface area contributed by atoms with Gasteiger partial charge in [0.15, 0.2) is 0 Å². The summed E-state index contributed by atoms with van der Waals surface area (Å²) in [5.41, 5.74) is 0. The van der Waals surface area contributed by atoms with Crippen molar-refractivity contribution in [3.05, 3.63) is 24.4 Å². The van der Waals surface area contributed by atoms with Crippen LogP contribution >= 0.6 is 0 Å². The average Bonchev–Trinajstić information content (AvgIpc) is 2.58. The Hall–Kier alpha value is -1.71. The molecule has 8 nitrogen and oxygen atoms in total. The molecule has 0 aromatic carbocycles. The van der Waals surface area contributed by atoms with Crippen molar-refractivity contribution in [2.45, 2.75) is 0 Å². The van der Waals surface area contributed by atoms with Gasteiger partial charge in [-0.1, -0.05) is 6.07 Å². The van der Waals surface area contributed by atoms with Gasteiger partial charge in [0.1, 0.15) is 5.82 Å². The van der Waals surface area contributed by atoms with Gasteiger partial charge in [-0.05, 0) is 12.1 Å². The molecule has 2 rings (SSSR count). The van der Waals surface area contributed by atoms with Crippen LogP contribution < -0.4 is 4.90 Å². The van der Waals surface area contributed by atoms with Crippen molar-refractivity contribution >= 4 is 21.7 Å². The minimum Gasteiger partial charge on any atom is -0.383 e. The fraction of sp³-hybridized carbons (Fsp3) is 0.600. The third kappa shape index (κ3) is 5.15. The van der Waals surface area contributed by atoms with Gasteiger partial charge in [0.2, 0.25) is 15.9 Å². The lowest BCUT2D eigenvalue weighted by atomic mass is 10.3. The van der Waals surface area contributed by atoms with Crippen LogP contribution in [0.25, 0.3) is 0 Å². The van der Waals surface area contributed by atoms with Gasteiger partial charge in [-0.15, -0.1) is 0 Å². The highest BCUT2D eigenvalue weighted by Gasteiger charge is 2.26. The molecule has 0 N–H and O–H groups in total. The zero-order valence-electron chi connectivity index (χ0n) is 14.1. The number of carbonyl (C=O) groups is 1. The summed E-state index contributed by atoms with van der Waals surface area (Å²) in [6.07, 6.45) is 2.85. The van der Waals surface area contributed by atoms with Crippen molar-refractivity contribution < 1.29 is 17.9 Å². The van der Waals surface area contributed by atoms with E-state index in [2.05, 4.69) is 9.88 Å². The normalized spacial score (nSPS) is 15.8. The van der Waals surface area contributed by atoms with Crippen molar-refractivity contribution in [1.29, 1.82) is 0 Å². The summed E-state index contributed by atoms with van der Waals surface area (Å²) in [7, 11) is -1.94. The van der Waals surface area contributed by atoms with E-state index in [1.165, 1.54) is 7.11 Å². The smallest absolute Gasteiger partial charge is 0.238 e. The van der Waals surface area contributed by atoms with Gasteiger partial charge in [-0.25, -0.2) is 13.4 Å². The van der Waals surface area contributed by atoms with Crippen LogP contribution in [-0.2, 0) is 19.6 Å². The molecule has 9 heteroatoms. The van der Waals surface area contributed by atoms with Crippen LogP contribution in [0, 0.1) is 0 Å². The van der Waals surface area contributed by atoms with E-state index in [0.717, 1.165) is 16.4 Å². The summed E-state index contributed by atoms with van der Waals surface area (Å²) in [5, 5.41) is 0. The highest BCUT2D eigenvalue weighted by atomic mass is 32.2. The van der Waals surface area contributed by atoms with Gasteiger partial charge in [-0.3, -0.25) is 4.79 Å². The molecule has 1 aliphatic heterocycles. The molecule has 0 saturated carbocycles. The predicted molar refractivity (Wildman–Crippen MR) is 91.3 cm³/mol. The van der Waals surface area contributed by atoms with E-state index in [9.17, 15) is 13.2 Å². The van der Waals surface area contributed by atoms with E-state index >= 15 is 0 Å². The Labute approximate surface area is 143 Å². The molecule has 1 fully saturated rings. The maximum atomic E-state index is 12.4. The van der Waals surface area contributed by atoms with Crippen LogP contribution in [-0.4, -0.2) is 87.8 Å². The quantitative estimate of drug-likeness (QED) is 0.663. The Morgan fingerprint density at radius 1 is 1.29 bits per heavy atom. The number of anilines is 1. The number of amides is 1. The lowest BCUT2D eigenvalue weighted by Crippen LogP contribution is -2.52. The first-order chi connectivity index (χ1) is 11.4. The molecule has 0 radical (unpaired) electrons. The summed E-state index contributed by atoms with van der Waals surface area (Å²) in [6.45, 7) is 2.75. The van der Waals surface area contributed by atoms with E-state index in [1.807, 2.05) is 18.2 Å². The molecule has 0 atom stereocenters. The van der Waals surface area contributed by atoms with Crippen molar-refractivity contribution in [1.82, 2.24) is 14.2 Å². The number of sulfonamides is 1. The highest BCUT2D eigenvalue weighted by Crippen LogP contribution is 2.13. The van der Waals surface area contributed by atoms with E-state index in [0.29, 0.717) is 26.2 Å². The minimum absolute atomic E-state index is 0.147. The fourth-order valence-electron chi connectivity index (χ4n) is 2.53. The third-order valence-electron chi connectivity index (χ3n) is 3.93. The maximum Gasteiger partial charge on any atom is 0.238 e. The van der Waals surface area contributed by atoms with E-state index in [4.69, 9.17) is 4.74 Å². The molecule has 0 bridgehead atoms. The standard InChI is InChI=1S/C15H24N4O4S/c1-23-12-11-19(24(2,21)22)13-15(20)18-9-7-17(8-10-18)14-5-3-4-6-16-14/h3-6H,7-13H2,1-2H3. The monoisotopic (exact) mass is 356 g/mol. The number of hydrogen-bond acceptors (Lipinski definition) is 6. The maximum absolute atomic E-state index is 12.4. The Bertz CT molecular complexity index is 630. The molecular weight excluding hydrogens is 332 g/mol. The number of carbonyl (C=O) groups excluding carboxylic acids is 1. The zero-order valence-corrected chi connectivity index (χ0v) is 14.9. The minimum atomic E-state index is -3.44. The fourth-order valence-corrected chi connectivity index (χ4v) is 3.28. The van der Waals surface area contributed by atoms with E-state index in [-0.39, 0.29) is 25.6 Å². The number of nitrogens with zero attached hydrogens (tertiary/aromatic N) is 4. The van der Waals surface area contributed by atoms with Crippen LogP contribution in [0.15, 0.2) is 24.4 Å². The first kappa shape index (κ1) is 18.6. The molecule has 2 heterocycles. The summed E-state index contributed by atoms with van der Waals surface area (Å²) in [5.74, 6) is 0.708. The number of rotatable bonds is 7. The molecule has 1 amide bonds. The molecule has 0 unspecified atom stereocenters. The lowest BCUT2D eigenvalue weighted by molar-refractivity contribution is -0.131. The molecule has 1 aromatic heterocycles. The zero-order chi connectivity index (χ0) is 17.6. The largest absolute Gasteiger partial charge is 0.383 e. The second kappa shape index (κ2) is 8.41. The average molecular weight is 356 g/mol. The summed E-state index contributed by atoms with van der Waals surface area (Å²) < 4.78 is 29.6. The number of methoxy groups -OCH3 is 1. The Balaban J connectivity index is 1.89. The first-order valence-electron chi connectivity index (χ1n) is 7.79. The van der Waals surface area contributed by atoms with Crippen molar-refractivity contribution in [2.24, 2.45) is 0 Å². The summed E-state index contributed by atoms with van der Waals surface area (Å²) >= 11 is 0. The van der Waals surface area contributed by atoms with Crippen molar-refractivity contribution in [3.8, 4) is 0 Å².